The van der Waals surface area contributed by atoms with Crippen molar-refractivity contribution in [2.45, 2.75) is 13.0 Å². The van der Waals surface area contributed by atoms with Crippen LogP contribution in [0.1, 0.15) is 10.6 Å². The summed E-state index contributed by atoms with van der Waals surface area (Å²) in [5.41, 5.74) is 1.93. The van der Waals surface area contributed by atoms with Gasteiger partial charge in [-0.15, -0.1) is 11.3 Å². The monoisotopic (exact) mass is 405 g/mol. The van der Waals surface area contributed by atoms with Crippen LogP contribution < -0.4 is 5.32 Å². The van der Waals surface area contributed by atoms with Crippen molar-refractivity contribution in [3.8, 4) is 0 Å². The summed E-state index contributed by atoms with van der Waals surface area (Å²) in [6.07, 6.45) is 5.07. The quantitative estimate of drug-likeness (QED) is 0.522. The number of thiophene rings is 1. The Morgan fingerprint density at radius 1 is 1.38 bits per heavy atom. The van der Waals surface area contributed by atoms with E-state index in [0.717, 1.165) is 34.7 Å². The summed E-state index contributed by atoms with van der Waals surface area (Å²) in [5, 5.41) is 5.50. The predicted molar refractivity (Wildman–Crippen MR) is 104 cm³/mol. The van der Waals surface area contributed by atoms with Crippen LogP contribution >= 0.6 is 27.3 Å². The minimum absolute atomic E-state index is 0.648. The maximum Gasteiger partial charge on any atom is 0.193 e. The number of imidazole rings is 1. The molecule has 24 heavy (non-hydrogen) atoms. The van der Waals surface area contributed by atoms with Crippen molar-refractivity contribution in [1.82, 2.24) is 19.6 Å². The standard InChI is InChI=1S/C17H20BrN5S/c1-19-17(22(2)8-7-15-4-3-9-24-15)20-10-14-12-23-11-13(18)5-6-16(23)21-14/h3-6,9,11-12H,7-8,10H2,1-2H3,(H,19,20). The van der Waals surface area contributed by atoms with Crippen LogP contribution in [0.2, 0.25) is 0 Å². The highest BCUT2D eigenvalue weighted by molar-refractivity contribution is 9.10. The molecule has 0 aliphatic carbocycles. The third-order valence-electron chi connectivity index (χ3n) is 3.74. The Kier molecular flexibility index (Phi) is 5.52. The highest BCUT2D eigenvalue weighted by Crippen LogP contribution is 2.12. The van der Waals surface area contributed by atoms with Crippen molar-refractivity contribution >= 4 is 38.9 Å². The van der Waals surface area contributed by atoms with Gasteiger partial charge in [-0.3, -0.25) is 4.99 Å². The van der Waals surface area contributed by atoms with Crippen LogP contribution in [0.15, 0.2) is 51.5 Å². The Bertz CT molecular complexity index is 825. The van der Waals surface area contributed by atoms with Gasteiger partial charge in [0.15, 0.2) is 5.96 Å². The number of nitrogens with zero attached hydrogens (tertiary/aromatic N) is 4. The topological polar surface area (TPSA) is 44.9 Å². The molecule has 3 aromatic heterocycles. The molecule has 1 N–H and O–H groups in total. The van der Waals surface area contributed by atoms with E-state index in [0.29, 0.717) is 6.54 Å². The molecule has 0 aromatic carbocycles. The summed E-state index contributed by atoms with van der Waals surface area (Å²) < 4.78 is 3.06. The van der Waals surface area contributed by atoms with E-state index in [1.165, 1.54) is 4.88 Å². The van der Waals surface area contributed by atoms with Crippen molar-refractivity contribution in [2.24, 2.45) is 4.99 Å². The molecule has 0 saturated carbocycles. The second-order valence-corrected chi connectivity index (χ2v) is 7.44. The Morgan fingerprint density at radius 2 is 2.25 bits per heavy atom. The van der Waals surface area contributed by atoms with Gasteiger partial charge < -0.3 is 14.6 Å². The lowest BCUT2D eigenvalue weighted by Crippen LogP contribution is -2.39. The van der Waals surface area contributed by atoms with Gasteiger partial charge in [0, 0.05) is 42.4 Å². The van der Waals surface area contributed by atoms with Crippen LogP contribution in [0.5, 0.6) is 0 Å². The van der Waals surface area contributed by atoms with Crippen LogP contribution in [0, 0.1) is 0 Å². The lowest BCUT2D eigenvalue weighted by molar-refractivity contribution is 0.486. The molecule has 3 rings (SSSR count). The number of fused-ring (bicyclic) bond motifs is 1. The second-order valence-electron chi connectivity index (χ2n) is 5.50. The van der Waals surface area contributed by atoms with Gasteiger partial charge in [-0.1, -0.05) is 6.07 Å². The fraction of sp³-hybridized carbons (Fsp3) is 0.294. The van der Waals surface area contributed by atoms with E-state index in [-0.39, 0.29) is 0 Å². The summed E-state index contributed by atoms with van der Waals surface area (Å²) in [4.78, 5) is 12.5. The lowest BCUT2D eigenvalue weighted by Gasteiger charge is -2.21. The van der Waals surface area contributed by atoms with Gasteiger partial charge in [0.2, 0.25) is 0 Å². The van der Waals surface area contributed by atoms with E-state index >= 15 is 0 Å². The number of halogens is 1. The van der Waals surface area contributed by atoms with Gasteiger partial charge in [-0.25, -0.2) is 4.98 Å². The van der Waals surface area contributed by atoms with Gasteiger partial charge in [0.25, 0.3) is 0 Å². The molecule has 0 aliphatic rings. The molecule has 0 atom stereocenters. The molecule has 7 heteroatoms. The van der Waals surface area contributed by atoms with Crippen molar-refractivity contribution in [3.63, 3.8) is 0 Å². The molecule has 0 radical (unpaired) electrons. The number of nitrogens with one attached hydrogen (secondary N) is 1. The lowest BCUT2D eigenvalue weighted by atomic mass is 10.3. The largest absolute Gasteiger partial charge is 0.351 e. The number of aliphatic imine (C=N–C) groups is 1. The highest BCUT2D eigenvalue weighted by Gasteiger charge is 2.08. The van der Waals surface area contributed by atoms with Crippen LogP contribution in [0.3, 0.4) is 0 Å². The fourth-order valence-electron chi connectivity index (χ4n) is 2.50. The summed E-state index contributed by atoms with van der Waals surface area (Å²) in [6, 6.07) is 8.25. The Balaban J connectivity index is 1.58. The zero-order chi connectivity index (χ0) is 16.9. The Labute approximate surface area is 154 Å². The summed E-state index contributed by atoms with van der Waals surface area (Å²) in [5.74, 6) is 0.879. The maximum atomic E-state index is 4.61. The SMILES string of the molecule is CN=C(NCc1cn2cc(Br)ccc2n1)N(C)CCc1cccs1. The molecule has 0 fully saturated rings. The molecular formula is C17H20BrN5S. The van der Waals surface area contributed by atoms with Crippen molar-refractivity contribution < 1.29 is 0 Å². The van der Waals surface area contributed by atoms with E-state index in [2.05, 4.69) is 60.7 Å². The summed E-state index contributed by atoms with van der Waals surface area (Å²) in [6.45, 7) is 1.58. The Hall–Kier alpha value is -1.86. The van der Waals surface area contributed by atoms with E-state index in [1.807, 2.05) is 36.0 Å². The first kappa shape index (κ1) is 17.0. The van der Waals surface area contributed by atoms with E-state index in [4.69, 9.17) is 0 Å². The number of guanidine groups is 1. The first-order valence-corrected chi connectivity index (χ1v) is 9.40. The minimum Gasteiger partial charge on any atom is -0.351 e. The number of likely N-dealkylation sites (N-methyl/N-ethyl adjacent to an activating group) is 1. The van der Waals surface area contributed by atoms with E-state index in [9.17, 15) is 0 Å². The smallest absolute Gasteiger partial charge is 0.193 e. The van der Waals surface area contributed by atoms with E-state index < -0.39 is 0 Å². The fourth-order valence-corrected chi connectivity index (χ4v) is 3.55. The van der Waals surface area contributed by atoms with Gasteiger partial charge in [-0.2, -0.15) is 0 Å². The number of hydrogen-bond donors (Lipinski definition) is 1. The molecule has 3 aromatic rings. The molecular weight excluding hydrogens is 386 g/mol. The molecule has 0 amide bonds. The van der Waals surface area contributed by atoms with Gasteiger partial charge in [-0.05, 0) is 45.9 Å². The number of hydrogen-bond acceptors (Lipinski definition) is 3. The zero-order valence-electron chi connectivity index (χ0n) is 13.7. The molecule has 0 aliphatic heterocycles. The molecule has 126 valence electrons. The van der Waals surface area contributed by atoms with Crippen LogP contribution in [-0.2, 0) is 13.0 Å². The maximum absolute atomic E-state index is 4.61. The van der Waals surface area contributed by atoms with Crippen molar-refractivity contribution in [2.75, 3.05) is 20.6 Å². The van der Waals surface area contributed by atoms with Gasteiger partial charge in [0.05, 0.1) is 12.2 Å². The van der Waals surface area contributed by atoms with Crippen LogP contribution in [0.4, 0.5) is 0 Å². The average Bonchev–Trinajstić information content (AvgIpc) is 3.22. The third-order valence-corrected chi connectivity index (χ3v) is 5.14. The Morgan fingerprint density at radius 3 is 3.00 bits per heavy atom. The van der Waals surface area contributed by atoms with Crippen molar-refractivity contribution in [3.05, 3.63) is 57.1 Å². The van der Waals surface area contributed by atoms with Crippen LogP contribution in [-0.4, -0.2) is 40.9 Å². The first-order valence-electron chi connectivity index (χ1n) is 7.73. The zero-order valence-corrected chi connectivity index (χ0v) is 16.1. The number of rotatable bonds is 5. The third kappa shape index (κ3) is 4.15. The number of aromatic nitrogens is 2. The summed E-state index contributed by atoms with van der Waals surface area (Å²) >= 11 is 5.27. The first-order chi connectivity index (χ1) is 11.7. The van der Waals surface area contributed by atoms with Gasteiger partial charge >= 0.3 is 0 Å². The number of pyridine rings is 1. The van der Waals surface area contributed by atoms with Crippen molar-refractivity contribution in [1.29, 1.82) is 0 Å². The normalized spacial score (nSPS) is 11.9. The predicted octanol–water partition coefficient (Wildman–Crippen LogP) is 3.41. The van der Waals surface area contributed by atoms with Crippen LogP contribution in [0.25, 0.3) is 5.65 Å². The molecule has 5 nitrogen and oxygen atoms in total. The molecule has 0 unspecified atom stereocenters. The average molecular weight is 406 g/mol. The molecule has 3 heterocycles. The van der Waals surface area contributed by atoms with Gasteiger partial charge in [0.1, 0.15) is 5.65 Å². The molecule has 0 bridgehead atoms. The minimum atomic E-state index is 0.648. The van der Waals surface area contributed by atoms with E-state index in [1.54, 1.807) is 11.3 Å². The molecule has 0 saturated heterocycles. The highest BCUT2D eigenvalue weighted by atomic mass is 79.9. The second kappa shape index (κ2) is 7.81. The summed E-state index contributed by atoms with van der Waals surface area (Å²) in [7, 11) is 3.87. The molecule has 0 spiro atoms.